The van der Waals surface area contributed by atoms with Gasteiger partial charge in [-0.15, -0.1) is 0 Å². The number of hydrogen-bond acceptors (Lipinski definition) is 1. The third-order valence-corrected chi connectivity index (χ3v) is 2.09. The number of rotatable bonds is 5. The highest BCUT2D eigenvalue weighted by atomic mass is 16.5. The first kappa shape index (κ1) is 11.6. The largest absolute Gasteiger partial charge is 0.490 e. The molecule has 0 aliphatic carbocycles. The summed E-state index contributed by atoms with van der Waals surface area (Å²) in [5.41, 5.74) is 1.31. The summed E-state index contributed by atoms with van der Waals surface area (Å²) in [6.07, 6.45) is 9.19. The first-order chi connectivity index (χ1) is 7.36. The second kappa shape index (κ2) is 6.88. The van der Waals surface area contributed by atoms with Crippen LogP contribution in [-0.2, 0) is 6.42 Å². The van der Waals surface area contributed by atoms with Crippen molar-refractivity contribution in [3.05, 3.63) is 54.1 Å². The Hall–Kier alpha value is -1.50. The summed E-state index contributed by atoms with van der Waals surface area (Å²) >= 11 is 0. The second-order valence-corrected chi connectivity index (χ2v) is 3.30. The molecule has 0 aliphatic heterocycles. The fourth-order valence-corrected chi connectivity index (χ4v) is 1.22. The first-order valence-corrected chi connectivity index (χ1v) is 5.31. The molecule has 0 bridgehead atoms. The van der Waals surface area contributed by atoms with E-state index in [1.807, 2.05) is 38.1 Å². The molecule has 0 atom stereocenters. The van der Waals surface area contributed by atoms with E-state index in [1.54, 1.807) is 0 Å². The van der Waals surface area contributed by atoms with Crippen LogP contribution in [0.15, 0.2) is 48.6 Å². The van der Waals surface area contributed by atoms with E-state index in [2.05, 4.69) is 24.3 Å². The van der Waals surface area contributed by atoms with Gasteiger partial charge < -0.3 is 4.74 Å². The fourth-order valence-electron chi connectivity index (χ4n) is 1.22. The molecule has 0 amide bonds. The molecule has 80 valence electrons. The zero-order valence-electron chi connectivity index (χ0n) is 9.44. The maximum absolute atomic E-state index is 5.50. The highest BCUT2D eigenvalue weighted by Gasteiger charge is 1.92. The number of hydrogen-bond donors (Lipinski definition) is 0. The van der Waals surface area contributed by atoms with E-state index in [0.717, 1.165) is 12.2 Å². The first-order valence-electron chi connectivity index (χ1n) is 5.31. The summed E-state index contributed by atoms with van der Waals surface area (Å²) in [6, 6.07) is 8.24. The van der Waals surface area contributed by atoms with E-state index in [-0.39, 0.29) is 0 Å². The smallest absolute Gasteiger partial charge is 0.119 e. The number of benzene rings is 1. The fraction of sp³-hybridized carbons (Fsp3) is 0.286. The van der Waals surface area contributed by atoms with Gasteiger partial charge in [-0.05, 0) is 38.0 Å². The monoisotopic (exact) mass is 202 g/mol. The quantitative estimate of drug-likeness (QED) is 0.660. The van der Waals surface area contributed by atoms with E-state index in [4.69, 9.17) is 4.74 Å². The molecule has 0 saturated carbocycles. The number of allylic oxidation sites excluding steroid dienone is 3. The van der Waals surface area contributed by atoms with Crippen molar-refractivity contribution in [2.75, 3.05) is 6.61 Å². The molecule has 1 rings (SSSR count). The van der Waals surface area contributed by atoms with Gasteiger partial charge in [-0.25, -0.2) is 0 Å². The maximum Gasteiger partial charge on any atom is 0.119 e. The molecule has 0 unspecified atom stereocenters. The summed E-state index contributed by atoms with van der Waals surface area (Å²) in [4.78, 5) is 0. The zero-order valence-corrected chi connectivity index (χ0v) is 9.44. The predicted octanol–water partition coefficient (Wildman–Crippen LogP) is 3.76. The number of ether oxygens (including phenoxy) is 1. The van der Waals surface area contributed by atoms with Crippen LogP contribution in [-0.4, -0.2) is 6.61 Å². The highest BCUT2D eigenvalue weighted by Crippen LogP contribution is 2.12. The third kappa shape index (κ3) is 4.50. The Morgan fingerprint density at radius 1 is 1.00 bits per heavy atom. The molecule has 1 aromatic rings. The summed E-state index contributed by atoms with van der Waals surface area (Å²) in [7, 11) is 0. The Balaban J connectivity index is 2.48. The topological polar surface area (TPSA) is 9.23 Å². The van der Waals surface area contributed by atoms with Crippen molar-refractivity contribution < 1.29 is 4.74 Å². The van der Waals surface area contributed by atoms with Gasteiger partial charge >= 0.3 is 0 Å². The van der Waals surface area contributed by atoms with Crippen molar-refractivity contribution in [3.8, 4) is 5.75 Å². The van der Waals surface area contributed by atoms with E-state index in [0.29, 0.717) is 6.61 Å². The Morgan fingerprint density at radius 3 is 2.27 bits per heavy atom. The molecule has 0 radical (unpaired) electrons. The van der Waals surface area contributed by atoms with Crippen molar-refractivity contribution in [1.82, 2.24) is 0 Å². The van der Waals surface area contributed by atoms with Gasteiger partial charge in [0.25, 0.3) is 0 Å². The SMILES string of the molecule is CC=CCOc1ccc(CC=CC)cc1. The average Bonchev–Trinajstić information content (AvgIpc) is 2.28. The van der Waals surface area contributed by atoms with Crippen LogP contribution in [0.3, 0.4) is 0 Å². The molecule has 1 aromatic carbocycles. The van der Waals surface area contributed by atoms with Gasteiger partial charge in [-0.3, -0.25) is 0 Å². The van der Waals surface area contributed by atoms with E-state index in [9.17, 15) is 0 Å². The molecule has 0 saturated heterocycles. The molecule has 15 heavy (non-hydrogen) atoms. The summed E-state index contributed by atoms with van der Waals surface area (Å²) in [6.45, 7) is 4.67. The van der Waals surface area contributed by atoms with Crippen LogP contribution < -0.4 is 4.74 Å². The van der Waals surface area contributed by atoms with Crippen LogP contribution in [0.1, 0.15) is 19.4 Å². The van der Waals surface area contributed by atoms with Gasteiger partial charge in [0.2, 0.25) is 0 Å². The minimum absolute atomic E-state index is 0.644. The Kier molecular flexibility index (Phi) is 5.31. The van der Waals surface area contributed by atoms with Gasteiger partial charge in [0.1, 0.15) is 12.4 Å². The maximum atomic E-state index is 5.50. The third-order valence-electron chi connectivity index (χ3n) is 2.09. The van der Waals surface area contributed by atoms with E-state index < -0.39 is 0 Å². The molecular weight excluding hydrogens is 184 g/mol. The van der Waals surface area contributed by atoms with Crippen molar-refractivity contribution in [2.45, 2.75) is 20.3 Å². The Morgan fingerprint density at radius 2 is 1.67 bits per heavy atom. The summed E-state index contributed by atoms with van der Waals surface area (Å²) < 4.78 is 5.50. The lowest BCUT2D eigenvalue weighted by Crippen LogP contribution is -1.93. The molecule has 1 nitrogen and oxygen atoms in total. The highest BCUT2D eigenvalue weighted by molar-refractivity contribution is 5.28. The minimum atomic E-state index is 0.644. The van der Waals surface area contributed by atoms with Crippen LogP contribution >= 0.6 is 0 Å². The van der Waals surface area contributed by atoms with Crippen LogP contribution in [0, 0.1) is 0 Å². The van der Waals surface area contributed by atoms with Crippen molar-refractivity contribution in [2.24, 2.45) is 0 Å². The molecule has 0 aromatic heterocycles. The molecule has 0 heterocycles. The van der Waals surface area contributed by atoms with Crippen LogP contribution in [0.5, 0.6) is 5.75 Å². The van der Waals surface area contributed by atoms with Gasteiger partial charge in [0.15, 0.2) is 0 Å². The van der Waals surface area contributed by atoms with Crippen LogP contribution in [0.25, 0.3) is 0 Å². The van der Waals surface area contributed by atoms with E-state index >= 15 is 0 Å². The Labute approximate surface area is 92.1 Å². The predicted molar refractivity (Wildman–Crippen MR) is 65.3 cm³/mol. The van der Waals surface area contributed by atoms with E-state index in [1.165, 1.54) is 5.56 Å². The van der Waals surface area contributed by atoms with Crippen molar-refractivity contribution in [1.29, 1.82) is 0 Å². The molecular formula is C14H18O. The van der Waals surface area contributed by atoms with Crippen molar-refractivity contribution in [3.63, 3.8) is 0 Å². The summed E-state index contributed by atoms with van der Waals surface area (Å²) in [5.74, 6) is 0.928. The second-order valence-electron chi connectivity index (χ2n) is 3.30. The minimum Gasteiger partial charge on any atom is -0.490 e. The lowest BCUT2D eigenvalue weighted by molar-refractivity contribution is 0.362. The normalized spacial score (nSPS) is 11.3. The van der Waals surface area contributed by atoms with Crippen molar-refractivity contribution >= 4 is 0 Å². The average molecular weight is 202 g/mol. The van der Waals surface area contributed by atoms with Crippen LogP contribution in [0.2, 0.25) is 0 Å². The zero-order chi connectivity index (χ0) is 10.9. The van der Waals surface area contributed by atoms with Gasteiger partial charge in [0.05, 0.1) is 0 Å². The molecule has 0 spiro atoms. The lowest BCUT2D eigenvalue weighted by atomic mass is 10.1. The molecule has 0 fully saturated rings. The molecule has 0 N–H and O–H groups in total. The molecule has 1 heteroatoms. The standard InChI is InChI=1S/C14H18O/c1-3-5-7-13-8-10-14(11-9-13)15-12-6-4-2/h3-6,8-11H,7,12H2,1-2H3. The van der Waals surface area contributed by atoms with Crippen LogP contribution in [0.4, 0.5) is 0 Å². The van der Waals surface area contributed by atoms with Gasteiger partial charge in [0, 0.05) is 0 Å². The van der Waals surface area contributed by atoms with Gasteiger partial charge in [-0.1, -0.05) is 36.4 Å². The lowest BCUT2D eigenvalue weighted by Gasteiger charge is -2.03. The Bertz CT molecular complexity index is 320. The van der Waals surface area contributed by atoms with Gasteiger partial charge in [-0.2, -0.15) is 0 Å². The summed E-state index contributed by atoms with van der Waals surface area (Å²) in [5, 5.41) is 0. The molecule has 0 aliphatic rings.